The van der Waals surface area contributed by atoms with Crippen LogP contribution < -0.4 is 0 Å². The molecule has 4 heteroatoms. The van der Waals surface area contributed by atoms with Crippen molar-refractivity contribution in [3.8, 4) is 0 Å². The molecule has 0 atom stereocenters. The van der Waals surface area contributed by atoms with Crippen molar-refractivity contribution in [2.45, 2.75) is 19.4 Å². The fraction of sp³-hybridized carbons (Fsp3) is 0.278. The van der Waals surface area contributed by atoms with Gasteiger partial charge in [0.2, 0.25) is 5.91 Å². The molecule has 1 aliphatic heterocycles. The number of amides is 1. The molecule has 1 aromatic carbocycles. The monoisotopic (exact) mass is 310 g/mol. The van der Waals surface area contributed by atoms with Crippen LogP contribution in [0.1, 0.15) is 16.1 Å². The summed E-state index contributed by atoms with van der Waals surface area (Å²) < 4.78 is 2.25. The van der Waals surface area contributed by atoms with Crippen LogP contribution in [0.5, 0.6) is 0 Å². The number of fused-ring (bicyclic) bond motifs is 3. The van der Waals surface area contributed by atoms with Gasteiger partial charge >= 0.3 is 0 Å². The number of benzene rings is 1. The minimum atomic E-state index is 0.235. The van der Waals surface area contributed by atoms with Crippen LogP contribution in [0.3, 0.4) is 0 Å². The second-order valence-corrected chi connectivity index (χ2v) is 6.86. The van der Waals surface area contributed by atoms with Gasteiger partial charge in [-0.2, -0.15) is 0 Å². The standard InChI is InChI=1S/C18H18N2OS/c1-19-16-7-3-2-6-14(16)15-8-9-20(12-17(15)19)18(21)11-13-5-4-10-22-13/h2-7,10H,8-9,11-12H2,1H3. The summed E-state index contributed by atoms with van der Waals surface area (Å²) in [6.45, 7) is 1.55. The SMILES string of the molecule is Cn1c2c(c3ccccc31)CCN(C(=O)Cc1cccs1)C2. The van der Waals surface area contributed by atoms with E-state index in [1.54, 1.807) is 11.3 Å². The molecule has 0 saturated carbocycles. The van der Waals surface area contributed by atoms with E-state index < -0.39 is 0 Å². The molecule has 0 N–H and O–H groups in total. The van der Waals surface area contributed by atoms with E-state index in [2.05, 4.69) is 35.9 Å². The van der Waals surface area contributed by atoms with Gasteiger partial charge in [0.15, 0.2) is 0 Å². The lowest BCUT2D eigenvalue weighted by Gasteiger charge is -2.28. The summed E-state index contributed by atoms with van der Waals surface area (Å²) in [6.07, 6.45) is 1.48. The van der Waals surface area contributed by atoms with E-state index in [1.165, 1.54) is 22.2 Å². The molecule has 0 bridgehead atoms. The second-order valence-electron chi connectivity index (χ2n) is 5.82. The summed E-state index contributed by atoms with van der Waals surface area (Å²) >= 11 is 1.66. The number of hydrogen-bond acceptors (Lipinski definition) is 2. The molecule has 1 amide bonds. The predicted octanol–water partition coefficient (Wildman–Crippen LogP) is 3.37. The number of rotatable bonds is 2. The Morgan fingerprint density at radius 3 is 2.91 bits per heavy atom. The average molecular weight is 310 g/mol. The first-order valence-electron chi connectivity index (χ1n) is 7.59. The molecule has 0 unspecified atom stereocenters. The average Bonchev–Trinajstić information content (AvgIpc) is 3.15. The van der Waals surface area contributed by atoms with Gasteiger partial charge in [-0.1, -0.05) is 24.3 Å². The fourth-order valence-electron chi connectivity index (χ4n) is 3.40. The third-order valence-corrected chi connectivity index (χ3v) is 5.45. The zero-order valence-corrected chi connectivity index (χ0v) is 13.4. The van der Waals surface area contributed by atoms with Crippen LogP contribution >= 0.6 is 11.3 Å². The van der Waals surface area contributed by atoms with E-state index in [0.29, 0.717) is 6.42 Å². The van der Waals surface area contributed by atoms with Crippen LogP contribution in [0.25, 0.3) is 10.9 Å². The van der Waals surface area contributed by atoms with Gasteiger partial charge in [0.05, 0.1) is 13.0 Å². The molecule has 0 aliphatic carbocycles. The van der Waals surface area contributed by atoms with Crippen molar-refractivity contribution in [2.75, 3.05) is 6.54 Å². The van der Waals surface area contributed by atoms with Crippen molar-refractivity contribution in [1.82, 2.24) is 9.47 Å². The van der Waals surface area contributed by atoms with Crippen LogP contribution in [-0.4, -0.2) is 21.9 Å². The van der Waals surface area contributed by atoms with Gasteiger partial charge in [0.1, 0.15) is 0 Å². The van der Waals surface area contributed by atoms with Crippen LogP contribution in [0.2, 0.25) is 0 Å². The van der Waals surface area contributed by atoms with Gasteiger partial charge in [-0.15, -0.1) is 11.3 Å². The summed E-state index contributed by atoms with van der Waals surface area (Å²) in [4.78, 5) is 15.7. The Hall–Kier alpha value is -2.07. The van der Waals surface area contributed by atoms with E-state index in [0.717, 1.165) is 24.4 Å². The van der Waals surface area contributed by atoms with Crippen LogP contribution in [-0.2, 0) is 31.2 Å². The first-order valence-corrected chi connectivity index (χ1v) is 8.47. The van der Waals surface area contributed by atoms with Gasteiger partial charge in [-0.3, -0.25) is 4.79 Å². The van der Waals surface area contributed by atoms with E-state index in [9.17, 15) is 4.79 Å². The van der Waals surface area contributed by atoms with Crippen LogP contribution in [0.15, 0.2) is 41.8 Å². The Labute approximate surface area is 133 Å². The zero-order chi connectivity index (χ0) is 15.1. The Morgan fingerprint density at radius 1 is 1.23 bits per heavy atom. The van der Waals surface area contributed by atoms with Gasteiger partial charge in [-0.05, 0) is 29.5 Å². The molecule has 4 rings (SSSR count). The highest BCUT2D eigenvalue weighted by Gasteiger charge is 2.25. The Balaban J connectivity index is 1.62. The highest BCUT2D eigenvalue weighted by atomic mass is 32.1. The molecule has 1 aliphatic rings. The van der Waals surface area contributed by atoms with Crippen molar-refractivity contribution in [3.05, 3.63) is 57.9 Å². The zero-order valence-electron chi connectivity index (χ0n) is 12.6. The number of aryl methyl sites for hydroxylation is 1. The van der Waals surface area contributed by atoms with E-state index in [1.807, 2.05) is 22.4 Å². The predicted molar refractivity (Wildman–Crippen MR) is 90.1 cm³/mol. The number of hydrogen-bond donors (Lipinski definition) is 0. The van der Waals surface area contributed by atoms with Crippen molar-refractivity contribution in [1.29, 1.82) is 0 Å². The quantitative estimate of drug-likeness (QED) is 0.712. The lowest BCUT2D eigenvalue weighted by atomic mass is 10.0. The molecule has 112 valence electrons. The normalized spacial score (nSPS) is 14.3. The lowest BCUT2D eigenvalue weighted by Crippen LogP contribution is -2.37. The maximum absolute atomic E-state index is 12.5. The molecular weight excluding hydrogens is 292 g/mol. The number of thiophene rings is 1. The first kappa shape index (κ1) is 13.6. The Kier molecular flexibility index (Phi) is 3.26. The Morgan fingerprint density at radius 2 is 2.09 bits per heavy atom. The third-order valence-electron chi connectivity index (χ3n) is 4.57. The van der Waals surface area contributed by atoms with Gasteiger partial charge < -0.3 is 9.47 Å². The van der Waals surface area contributed by atoms with Gasteiger partial charge in [0, 0.05) is 35.1 Å². The van der Waals surface area contributed by atoms with E-state index in [-0.39, 0.29) is 5.91 Å². The number of nitrogens with zero attached hydrogens (tertiary/aromatic N) is 2. The number of carbonyl (C=O) groups excluding carboxylic acids is 1. The maximum atomic E-state index is 12.5. The van der Waals surface area contributed by atoms with E-state index >= 15 is 0 Å². The summed E-state index contributed by atoms with van der Waals surface area (Å²) in [6, 6.07) is 12.6. The molecule has 3 heterocycles. The van der Waals surface area contributed by atoms with Crippen LogP contribution in [0, 0.1) is 0 Å². The minimum Gasteiger partial charge on any atom is -0.346 e. The third kappa shape index (κ3) is 2.15. The molecule has 0 fully saturated rings. The minimum absolute atomic E-state index is 0.235. The maximum Gasteiger partial charge on any atom is 0.228 e. The first-order chi connectivity index (χ1) is 10.7. The van der Waals surface area contributed by atoms with Gasteiger partial charge in [0.25, 0.3) is 0 Å². The summed E-state index contributed by atoms with van der Waals surface area (Å²) in [5, 5.41) is 3.37. The molecule has 0 radical (unpaired) electrons. The topological polar surface area (TPSA) is 25.2 Å². The molecule has 3 nitrogen and oxygen atoms in total. The summed E-state index contributed by atoms with van der Waals surface area (Å²) in [5.41, 5.74) is 3.96. The highest BCUT2D eigenvalue weighted by molar-refractivity contribution is 7.10. The molecular formula is C18H18N2OS. The largest absolute Gasteiger partial charge is 0.346 e. The Bertz CT molecular complexity index is 832. The molecule has 2 aromatic heterocycles. The van der Waals surface area contributed by atoms with Crippen LogP contribution in [0.4, 0.5) is 0 Å². The highest BCUT2D eigenvalue weighted by Crippen LogP contribution is 2.30. The molecule has 0 spiro atoms. The fourth-order valence-corrected chi connectivity index (χ4v) is 4.09. The van der Waals surface area contributed by atoms with Crippen molar-refractivity contribution >= 4 is 28.1 Å². The van der Waals surface area contributed by atoms with Gasteiger partial charge in [-0.25, -0.2) is 0 Å². The molecule has 3 aromatic rings. The summed E-state index contributed by atoms with van der Waals surface area (Å²) in [7, 11) is 2.11. The molecule has 0 saturated heterocycles. The number of aromatic nitrogens is 1. The smallest absolute Gasteiger partial charge is 0.228 e. The lowest BCUT2D eigenvalue weighted by molar-refractivity contribution is -0.131. The van der Waals surface area contributed by atoms with Crippen molar-refractivity contribution < 1.29 is 4.79 Å². The van der Waals surface area contributed by atoms with Crippen molar-refractivity contribution in [2.24, 2.45) is 7.05 Å². The number of carbonyl (C=O) groups is 1. The van der Waals surface area contributed by atoms with E-state index in [4.69, 9.17) is 0 Å². The summed E-state index contributed by atoms with van der Waals surface area (Å²) in [5.74, 6) is 0.235. The molecule has 22 heavy (non-hydrogen) atoms. The second kappa shape index (κ2) is 5.29. The number of para-hydroxylation sites is 1. The van der Waals surface area contributed by atoms with Crippen molar-refractivity contribution in [3.63, 3.8) is 0 Å².